The number of anilines is 1. The summed E-state index contributed by atoms with van der Waals surface area (Å²) < 4.78 is 3.40. The van der Waals surface area contributed by atoms with Crippen LogP contribution in [0.5, 0.6) is 0 Å². The first kappa shape index (κ1) is 17.2. The SMILES string of the molecule is CCCCSNc1ccc2[nH]c(C(=O)NC3CCCC3)c(C)c2c1. The van der Waals surface area contributed by atoms with Crippen LogP contribution in [-0.2, 0) is 0 Å². The first-order chi connectivity index (χ1) is 11.7. The minimum absolute atomic E-state index is 0.0300. The predicted molar refractivity (Wildman–Crippen MR) is 104 cm³/mol. The van der Waals surface area contributed by atoms with Crippen LogP contribution in [0, 0.1) is 6.92 Å². The second-order valence-corrected chi connectivity index (χ2v) is 7.55. The molecule has 1 fully saturated rings. The van der Waals surface area contributed by atoms with Crippen molar-refractivity contribution in [2.75, 3.05) is 10.5 Å². The molecule has 0 atom stereocenters. The zero-order valence-corrected chi connectivity index (χ0v) is 15.4. The van der Waals surface area contributed by atoms with E-state index >= 15 is 0 Å². The van der Waals surface area contributed by atoms with E-state index in [1.54, 1.807) is 11.9 Å². The van der Waals surface area contributed by atoms with Crippen LogP contribution < -0.4 is 10.0 Å². The van der Waals surface area contributed by atoms with Crippen molar-refractivity contribution in [3.63, 3.8) is 0 Å². The number of H-pyrrole nitrogens is 1. The van der Waals surface area contributed by atoms with Gasteiger partial charge in [-0.3, -0.25) is 4.79 Å². The average molecular weight is 346 g/mol. The maximum absolute atomic E-state index is 12.6. The van der Waals surface area contributed by atoms with Crippen LogP contribution >= 0.6 is 11.9 Å². The van der Waals surface area contributed by atoms with Crippen LogP contribution in [-0.4, -0.2) is 22.7 Å². The van der Waals surface area contributed by atoms with Crippen molar-refractivity contribution in [2.45, 2.75) is 58.4 Å². The van der Waals surface area contributed by atoms with Gasteiger partial charge in [0.1, 0.15) is 5.69 Å². The standard InChI is InChI=1S/C19H27N3OS/c1-3-4-11-24-22-15-9-10-17-16(12-15)13(2)18(21-17)19(23)20-14-7-5-6-8-14/h9-10,12,14,21-22H,3-8,11H2,1-2H3,(H,20,23). The van der Waals surface area contributed by atoms with Gasteiger partial charge in [0, 0.05) is 28.4 Å². The largest absolute Gasteiger partial charge is 0.350 e. The van der Waals surface area contributed by atoms with Gasteiger partial charge in [-0.2, -0.15) is 0 Å². The molecule has 2 aromatic rings. The molecule has 0 spiro atoms. The number of aryl methyl sites for hydroxylation is 1. The Morgan fingerprint density at radius 1 is 1.33 bits per heavy atom. The molecular formula is C19H27N3OS. The van der Waals surface area contributed by atoms with Crippen molar-refractivity contribution in [3.8, 4) is 0 Å². The van der Waals surface area contributed by atoms with Crippen molar-refractivity contribution < 1.29 is 4.79 Å². The zero-order valence-electron chi connectivity index (χ0n) is 14.6. The van der Waals surface area contributed by atoms with Crippen molar-refractivity contribution >= 4 is 34.4 Å². The van der Waals surface area contributed by atoms with Gasteiger partial charge in [0.2, 0.25) is 0 Å². The van der Waals surface area contributed by atoms with E-state index in [4.69, 9.17) is 0 Å². The number of nitrogens with one attached hydrogen (secondary N) is 3. The number of aromatic nitrogens is 1. The smallest absolute Gasteiger partial charge is 0.268 e. The van der Waals surface area contributed by atoms with E-state index in [1.165, 1.54) is 25.7 Å². The van der Waals surface area contributed by atoms with Gasteiger partial charge in [-0.15, -0.1) is 0 Å². The quantitative estimate of drug-likeness (QED) is 0.488. The van der Waals surface area contributed by atoms with Crippen LogP contribution in [0.25, 0.3) is 10.9 Å². The Bertz CT molecular complexity index is 704. The minimum Gasteiger partial charge on any atom is -0.350 e. The highest BCUT2D eigenvalue weighted by Gasteiger charge is 2.21. The number of hydrogen-bond acceptors (Lipinski definition) is 3. The van der Waals surface area contributed by atoms with E-state index in [1.807, 2.05) is 6.92 Å². The third kappa shape index (κ3) is 3.89. The highest BCUT2D eigenvalue weighted by atomic mass is 32.2. The molecule has 1 aromatic carbocycles. The maximum atomic E-state index is 12.6. The summed E-state index contributed by atoms with van der Waals surface area (Å²) in [5, 5.41) is 4.29. The van der Waals surface area contributed by atoms with Crippen LogP contribution in [0.2, 0.25) is 0 Å². The summed E-state index contributed by atoms with van der Waals surface area (Å²) >= 11 is 1.74. The van der Waals surface area contributed by atoms with Gasteiger partial charge in [-0.1, -0.05) is 38.1 Å². The molecule has 1 saturated carbocycles. The Hall–Kier alpha value is -1.62. The Balaban J connectivity index is 1.73. The predicted octanol–water partition coefficient (Wildman–Crippen LogP) is 5.01. The molecule has 24 heavy (non-hydrogen) atoms. The lowest BCUT2D eigenvalue weighted by Gasteiger charge is -2.11. The molecule has 3 rings (SSSR count). The number of unbranched alkanes of at least 4 members (excludes halogenated alkanes) is 1. The lowest BCUT2D eigenvalue weighted by atomic mass is 10.1. The van der Waals surface area contributed by atoms with Crippen LogP contribution in [0.15, 0.2) is 18.2 Å². The van der Waals surface area contributed by atoms with Crippen molar-refractivity contribution in [1.82, 2.24) is 10.3 Å². The summed E-state index contributed by atoms with van der Waals surface area (Å²) in [5.74, 6) is 1.14. The van der Waals surface area contributed by atoms with E-state index in [2.05, 4.69) is 40.1 Å². The zero-order chi connectivity index (χ0) is 16.9. The van der Waals surface area contributed by atoms with Crippen LogP contribution in [0.3, 0.4) is 0 Å². The number of rotatable bonds is 7. The first-order valence-electron chi connectivity index (χ1n) is 9.00. The Morgan fingerprint density at radius 2 is 2.12 bits per heavy atom. The number of carbonyl (C=O) groups is 1. The summed E-state index contributed by atoms with van der Waals surface area (Å²) in [6, 6.07) is 6.59. The third-order valence-corrected chi connectivity index (χ3v) is 5.64. The lowest BCUT2D eigenvalue weighted by Crippen LogP contribution is -2.33. The van der Waals surface area contributed by atoms with Gasteiger partial charge < -0.3 is 15.0 Å². The van der Waals surface area contributed by atoms with Crippen LogP contribution in [0.4, 0.5) is 5.69 Å². The number of hydrogen-bond donors (Lipinski definition) is 3. The summed E-state index contributed by atoms with van der Waals surface area (Å²) in [5.41, 5.74) is 3.84. The van der Waals surface area contributed by atoms with Crippen molar-refractivity contribution in [3.05, 3.63) is 29.5 Å². The molecule has 1 aromatic heterocycles. The molecule has 1 aliphatic carbocycles. The Morgan fingerprint density at radius 3 is 2.88 bits per heavy atom. The minimum atomic E-state index is 0.0300. The van der Waals surface area contributed by atoms with Gasteiger partial charge in [-0.25, -0.2) is 0 Å². The molecule has 4 nitrogen and oxygen atoms in total. The van der Waals surface area contributed by atoms with Gasteiger partial charge in [-0.05, 0) is 49.9 Å². The van der Waals surface area contributed by atoms with Gasteiger partial charge in [0.25, 0.3) is 5.91 Å². The molecule has 0 saturated heterocycles. The molecule has 0 aliphatic heterocycles. The van der Waals surface area contributed by atoms with E-state index in [0.29, 0.717) is 11.7 Å². The molecule has 1 heterocycles. The van der Waals surface area contributed by atoms with Gasteiger partial charge in [0.05, 0.1) is 0 Å². The number of benzene rings is 1. The number of fused-ring (bicyclic) bond motifs is 1. The third-order valence-electron chi connectivity index (χ3n) is 4.77. The summed E-state index contributed by atoms with van der Waals surface area (Å²) in [4.78, 5) is 15.9. The van der Waals surface area contributed by atoms with Gasteiger partial charge in [0.15, 0.2) is 0 Å². The lowest BCUT2D eigenvalue weighted by molar-refractivity contribution is 0.0933. The molecule has 0 bridgehead atoms. The van der Waals surface area contributed by atoms with E-state index < -0.39 is 0 Å². The Kier molecular flexibility index (Phi) is 5.72. The second kappa shape index (κ2) is 7.97. The maximum Gasteiger partial charge on any atom is 0.268 e. The van der Waals surface area contributed by atoms with Crippen molar-refractivity contribution in [2.24, 2.45) is 0 Å². The Labute approximate surface area is 148 Å². The average Bonchev–Trinajstić information content (AvgIpc) is 3.20. The molecule has 0 unspecified atom stereocenters. The molecule has 0 radical (unpaired) electrons. The van der Waals surface area contributed by atoms with E-state index in [-0.39, 0.29) is 5.91 Å². The van der Waals surface area contributed by atoms with Crippen LogP contribution in [0.1, 0.15) is 61.5 Å². The van der Waals surface area contributed by atoms with E-state index in [9.17, 15) is 4.79 Å². The molecule has 3 N–H and O–H groups in total. The summed E-state index contributed by atoms with van der Waals surface area (Å²) in [6.07, 6.45) is 7.09. The fraction of sp³-hybridized carbons (Fsp3) is 0.526. The molecular weight excluding hydrogens is 318 g/mol. The van der Waals surface area contributed by atoms with Crippen molar-refractivity contribution in [1.29, 1.82) is 0 Å². The second-order valence-electron chi connectivity index (χ2n) is 6.64. The molecule has 1 amide bonds. The number of aromatic amines is 1. The fourth-order valence-electron chi connectivity index (χ4n) is 3.30. The topological polar surface area (TPSA) is 56.9 Å². The van der Waals surface area contributed by atoms with Gasteiger partial charge >= 0.3 is 0 Å². The summed E-state index contributed by atoms with van der Waals surface area (Å²) in [7, 11) is 0. The highest BCUT2D eigenvalue weighted by molar-refractivity contribution is 8.00. The molecule has 5 heteroatoms. The monoisotopic (exact) mass is 345 g/mol. The fourth-order valence-corrected chi connectivity index (χ4v) is 4.12. The number of carbonyl (C=O) groups excluding carboxylic acids is 1. The highest BCUT2D eigenvalue weighted by Crippen LogP contribution is 2.27. The molecule has 1 aliphatic rings. The number of amides is 1. The molecule has 130 valence electrons. The first-order valence-corrected chi connectivity index (χ1v) is 9.98. The summed E-state index contributed by atoms with van der Waals surface area (Å²) in [6.45, 7) is 4.23. The normalized spacial score (nSPS) is 15.1. The van der Waals surface area contributed by atoms with E-state index in [0.717, 1.165) is 40.7 Å².